The zero-order chi connectivity index (χ0) is 28.0. The van der Waals surface area contributed by atoms with Crippen molar-refractivity contribution in [2.24, 2.45) is 4.99 Å². The minimum Gasteiger partial charge on any atom is -0.497 e. The SMILES string of the molecule is CCOC(=O)C1=C(c2ccccc2)N=c2s/c(=C3\C(=O)Nc4ccc(Cl)cc43)c(=O)n2[C@H]1c1cccc(OC)c1. The van der Waals surface area contributed by atoms with Crippen LogP contribution in [0.3, 0.4) is 0 Å². The summed E-state index contributed by atoms with van der Waals surface area (Å²) < 4.78 is 12.6. The second-order valence-corrected chi connectivity index (χ2v) is 10.5. The lowest BCUT2D eigenvalue weighted by atomic mass is 9.93. The van der Waals surface area contributed by atoms with Crippen molar-refractivity contribution in [1.29, 1.82) is 0 Å². The maximum absolute atomic E-state index is 14.2. The number of methoxy groups -OCH3 is 1. The Hall–Kier alpha value is -4.47. The number of nitrogens with zero attached hydrogens (tertiary/aromatic N) is 2. The van der Waals surface area contributed by atoms with Crippen LogP contribution in [0.25, 0.3) is 11.3 Å². The number of nitrogens with one attached hydrogen (secondary N) is 1. The number of thiazole rings is 1. The van der Waals surface area contributed by atoms with Crippen molar-refractivity contribution in [3.63, 3.8) is 0 Å². The third kappa shape index (κ3) is 4.24. The molecule has 1 atom stereocenters. The standard InChI is InChI=1S/C30H22ClN3O5S/c1-3-39-29(37)23-24(16-8-5-4-6-9-16)33-30-34(25(23)17-10-7-11-19(14-17)38-2)28(36)26(40-30)22-20-15-18(31)12-13-21(20)32-27(22)35/h4-15,25H,3H2,1-2H3,(H,32,35)/b26-22-/t25-/m0/s1. The molecule has 0 unspecified atom stereocenters. The Bertz CT molecular complexity index is 1910. The van der Waals surface area contributed by atoms with Crippen LogP contribution < -0.4 is 24.9 Å². The highest BCUT2D eigenvalue weighted by Gasteiger charge is 2.36. The fourth-order valence-electron chi connectivity index (χ4n) is 4.98. The van der Waals surface area contributed by atoms with Crippen LogP contribution in [0.15, 0.2) is 88.2 Å². The molecule has 1 N–H and O–H groups in total. The molecule has 0 fully saturated rings. The lowest BCUT2D eigenvalue weighted by molar-refractivity contribution is -0.138. The second-order valence-electron chi connectivity index (χ2n) is 9.05. The van der Waals surface area contributed by atoms with Gasteiger partial charge in [0.15, 0.2) is 4.80 Å². The van der Waals surface area contributed by atoms with Gasteiger partial charge in [0.1, 0.15) is 10.3 Å². The van der Waals surface area contributed by atoms with Gasteiger partial charge in [-0.3, -0.25) is 14.2 Å². The second kappa shape index (κ2) is 10.3. The minimum atomic E-state index is -0.891. The Morgan fingerprint density at radius 1 is 1.07 bits per heavy atom. The Kier molecular flexibility index (Phi) is 6.61. The molecule has 0 saturated carbocycles. The predicted octanol–water partition coefficient (Wildman–Crippen LogP) is 3.92. The van der Waals surface area contributed by atoms with Gasteiger partial charge in [0.2, 0.25) is 0 Å². The van der Waals surface area contributed by atoms with Crippen LogP contribution >= 0.6 is 22.9 Å². The summed E-state index contributed by atoms with van der Waals surface area (Å²) >= 11 is 7.34. The van der Waals surface area contributed by atoms with E-state index in [2.05, 4.69) is 5.32 Å². The van der Waals surface area contributed by atoms with E-state index in [0.29, 0.717) is 43.6 Å². The van der Waals surface area contributed by atoms with Gasteiger partial charge >= 0.3 is 5.97 Å². The topological polar surface area (TPSA) is 99.0 Å². The fourth-order valence-corrected chi connectivity index (χ4v) is 6.25. The number of fused-ring (bicyclic) bond motifs is 2. The van der Waals surface area contributed by atoms with Crippen LogP contribution in [0.5, 0.6) is 5.75 Å². The summed E-state index contributed by atoms with van der Waals surface area (Å²) in [7, 11) is 1.55. The number of hydrogen-bond donors (Lipinski definition) is 1. The molecular weight excluding hydrogens is 550 g/mol. The number of carbonyl (C=O) groups excluding carboxylic acids is 2. The average Bonchev–Trinajstić information content (AvgIpc) is 3.46. The third-order valence-electron chi connectivity index (χ3n) is 6.71. The number of aromatic nitrogens is 1. The molecule has 4 aromatic rings. The zero-order valence-electron chi connectivity index (χ0n) is 21.4. The monoisotopic (exact) mass is 571 g/mol. The van der Waals surface area contributed by atoms with Gasteiger partial charge in [0, 0.05) is 21.8 Å². The van der Waals surface area contributed by atoms with E-state index in [4.69, 9.17) is 26.1 Å². The summed E-state index contributed by atoms with van der Waals surface area (Å²) in [5, 5.41) is 3.25. The molecule has 0 saturated heterocycles. The van der Waals surface area contributed by atoms with E-state index in [-0.39, 0.29) is 22.3 Å². The summed E-state index contributed by atoms with van der Waals surface area (Å²) in [6.07, 6.45) is 0. The van der Waals surface area contributed by atoms with E-state index in [0.717, 1.165) is 11.3 Å². The highest BCUT2D eigenvalue weighted by molar-refractivity contribution is 7.07. The van der Waals surface area contributed by atoms with Crippen LogP contribution in [0.4, 0.5) is 5.69 Å². The van der Waals surface area contributed by atoms with Gasteiger partial charge in [-0.15, -0.1) is 0 Å². The molecule has 3 heterocycles. The van der Waals surface area contributed by atoms with Crippen LogP contribution in [-0.2, 0) is 14.3 Å². The van der Waals surface area contributed by atoms with Gasteiger partial charge in [0.05, 0.1) is 36.6 Å². The van der Waals surface area contributed by atoms with Gasteiger partial charge in [-0.25, -0.2) is 9.79 Å². The molecule has 10 heteroatoms. The Balaban J connectivity index is 1.72. The summed E-state index contributed by atoms with van der Waals surface area (Å²) in [4.78, 5) is 46.1. The molecule has 8 nitrogen and oxygen atoms in total. The molecule has 0 spiro atoms. The van der Waals surface area contributed by atoms with E-state index in [1.54, 1.807) is 50.4 Å². The maximum Gasteiger partial charge on any atom is 0.338 e. The first-order valence-electron chi connectivity index (χ1n) is 12.5. The summed E-state index contributed by atoms with van der Waals surface area (Å²) in [6.45, 7) is 1.86. The minimum absolute atomic E-state index is 0.140. The molecule has 3 aromatic carbocycles. The molecular formula is C30H22ClN3O5S. The van der Waals surface area contributed by atoms with Crippen LogP contribution in [0, 0.1) is 0 Å². The van der Waals surface area contributed by atoms with Crippen molar-refractivity contribution in [3.8, 4) is 5.75 Å². The van der Waals surface area contributed by atoms with Crippen molar-refractivity contribution < 1.29 is 19.1 Å². The fraction of sp³-hybridized carbons (Fsp3) is 0.133. The quantitative estimate of drug-likeness (QED) is 0.366. The molecule has 0 bridgehead atoms. The number of anilines is 1. The van der Waals surface area contributed by atoms with Crippen molar-refractivity contribution in [3.05, 3.63) is 120 Å². The molecule has 2 aliphatic heterocycles. The van der Waals surface area contributed by atoms with E-state index in [9.17, 15) is 14.4 Å². The molecule has 1 aromatic heterocycles. The number of ether oxygens (including phenoxy) is 2. The van der Waals surface area contributed by atoms with Gasteiger partial charge in [-0.05, 0) is 42.8 Å². The third-order valence-corrected chi connectivity index (χ3v) is 8.00. The van der Waals surface area contributed by atoms with E-state index < -0.39 is 23.5 Å². The summed E-state index contributed by atoms with van der Waals surface area (Å²) in [6, 6.07) is 20.6. The van der Waals surface area contributed by atoms with Crippen LogP contribution in [0.2, 0.25) is 5.02 Å². The first-order chi connectivity index (χ1) is 19.4. The smallest absolute Gasteiger partial charge is 0.338 e. The van der Waals surface area contributed by atoms with Gasteiger partial charge in [-0.2, -0.15) is 0 Å². The van der Waals surface area contributed by atoms with Crippen molar-refractivity contribution >= 4 is 51.8 Å². The summed E-state index contributed by atoms with van der Waals surface area (Å²) in [5.74, 6) is -0.442. The summed E-state index contributed by atoms with van der Waals surface area (Å²) in [5.41, 5.74) is 2.79. The number of rotatable bonds is 5. The van der Waals surface area contributed by atoms with Crippen molar-refractivity contribution in [2.75, 3.05) is 19.0 Å². The first-order valence-corrected chi connectivity index (χ1v) is 13.7. The molecule has 2 aliphatic rings. The zero-order valence-corrected chi connectivity index (χ0v) is 23.0. The lowest BCUT2D eigenvalue weighted by Crippen LogP contribution is -2.40. The van der Waals surface area contributed by atoms with Crippen LogP contribution in [0.1, 0.15) is 29.7 Å². The highest BCUT2D eigenvalue weighted by atomic mass is 35.5. The van der Waals surface area contributed by atoms with E-state index in [1.807, 2.05) is 36.4 Å². The van der Waals surface area contributed by atoms with Gasteiger partial charge in [0.25, 0.3) is 11.5 Å². The van der Waals surface area contributed by atoms with Crippen molar-refractivity contribution in [1.82, 2.24) is 4.57 Å². The highest BCUT2D eigenvalue weighted by Crippen LogP contribution is 2.37. The molecule has 40 heavy (non-hydrogen) atoms. The van der Waals surface area contributed by atoms with Gasteiger partial charge in [-0.1, -0.05) is 65.4 Å². The number of hydrogen-bond acceptors (Lipinski definition) is 7. The number of amides is 1. The molecule has 0 radical (unpaired) electrons. The van der Waals surface area contributed by atoms with Gasteiger partial charge < -0.3 is 14.8 Å². The average molecular weight is 572 g/mol. The maximum atomic E-state index is 14.2. The predicted molar refractivity (Wildman–Crippen MR) is 153 cm³/mol. The van der Waals surface area contributed by atoms with Crippen molar-refractivity contribution in [2.45, 2.75) is 13.0 Å². The van der Waals surface area contributed by atoms with E-state index >= 15 is 0 Å². The number of esters is 1. The Morgan fingerprint density at radius 3 is 2.62 bits per heavy atom. The molecule has 1 amide bonds. The Labute approximate surface area is 237 Å². The largest absolute Gasteiger partial charge is 0.497 e. The molecule has 200 valence electrons. The van der Waals surface area contributed by atoms with Crippen LogP contribution in [-0.4, -0.2) is 30.2 Å². The Morgan fingerprint density at radius 2 is 1.88 bits per heavy atom. The van der Waals surface area contributed by atoms with E-state index in [1.165, 1.54) is 4.57 Å². The number of halogens is 1. The lowest BCUT2D eigenvalue weighted by Gasteiger charge is -2.26. The molecule has 0 aliphatic carbocycles. The first kappa shape index (κ1) is 25.8. The number of benzene rings is 3. The number of carbonyl (C=O) groups is 2. The molecule has 6 rings (SSSR count). The normalized spacial score (nSPS) is 17.1.